The molecule has 2 fully saturated rings. The lowest BCUT2D eigenvalue weighted by Gasteiger charge is -2.50. The molecule has 7 heteroatoms. The highest BCUT2D eigenvalue weighted by Gasteiger charge is 2.74. The average Bonchev–Trinajstić information content (AvgIpc) is 3.10. The number of aliphatic hydroxyl groups excluding tert-OH is 2. The summed E-state index contributed by atoms with van der Waals surface area (Å²) < 4.78 is 5.96. The number of aliphatic hydroxyl groups is 3. The number of allylic oxidation sites excluding steroid dienone is 1. The van der Waals surface area contributed by atoms with Crippen LogP contribution in [0.5, 0.6) is 0 Å². The lowest BCUT2D eigenvalue weighted by atomic mass is 9.66. The summed E-state index contributed by atoms with van der Waals surface area (Å²) in [6.07, 6.45) is 7.05. The van der Waals surface area contributed by atoms with E-state index in [1.165, 1.54) is 0 Å². The van der Waals surface area contributed by atoms with Gasteiger partial charge in [-0.15, -0.1) is 0 Å². The predicted molar refractivity (Wildman–Crippen MR) is 101 cm³/mol. The summed E-state index contributed by atoms with van der Waals surface area (Å²) in [5.74, 6) is -1.06. The number of hydrogen-bond acceptors (Lipinski definition) is 6. The minimum atomic E-state index is -1.56. The van der Waals surface area contributed by atoms with Gasteiger partial charge in [-0.2, -0.15) is 0 Å². The minimum Gasteiger partial charge on any atom is -0.396 e. The molecule has 0 saturated carbocycles. The molecule has 2 unspecified atom stereocenters. The second-order valence-electron chi connectivity index (χ2n) is 8.56. The van der Waals surface area contributed by atoms with E-state index < -0.39 is 34.9 Å². The Labute approximate surface area is 161 Å². The maximum absolute atomic E-state index is 13.3. The van der Waals surface area contributed by atoms with E-state index in [0.717, 1.165) is 25.7 Å². The van der Waals surface area contributed by atoms with Gasteiger partial charge in [0.05, 0.1) is 18.1 Å². The molecule has 0 aromatic rings. The summed E-state index contributed by atoms with van der Waals surface area (Å²) in [6.45, 7) is 3.47. The Hall–Kier alpha value is -0.990. The monoisotopic (exact) mass is 382 g/mol. The molecule has 7 nitrogen and oxygen atoms in total. The van der Waals surface area contributed by atoms with Gasteiger partial charge < -0.3 is 30.7 Å². The third kappa shape index (κ3) is 2.95. The van der Waals surface area contributed by atoms with Crippen molar-refractivity contribution in [1.29, 1.82) is 0 Å². The molecule has 2 saturated heterocycles. The normalized spacial score (nSPS) is 42.6. The fraction of sp³-hybridized carbons (Fsp3) is 0.850. The van der Waals surface area contributed by atoms with Crippen LogP contribution in [0, 0.1) is 5.92 Å². The molecule has 6 atom stereocenters. The third-order valence-corrected chi connectivity index (χ3v) is 6.90. The first-order chi connectivity index (χ1) is 12.8. The van der Waals surface area contributed by atoms with Crippen molar-refractivity contribution in [1.82, 2.24) is 4.90 Å². The molecule has 1 amide bonds. The Kier molecular flexibility index (Phi) is 5.72. The highest BCUT2D eigenvalue weighted by molar-refractivity contribution is 5.85. The fourth-order valence-electron chi connectivity index (χ4n) is 5.26. The lowest BCUT2D eigenvalue weighted by Crippen LogP contribution is -2.72. The van der Waals surface area contributed by atoms with Gasteiger partial charge in [0.25, 0.3) is 0 Å². The molecule has 0 aromatic heterocycles. The number of unbranched alkanes of at least 4 members (excludes halogenated alkanes) is 1. The molecular weight excluding hydrogens is 348 g/mol. The predicted octanol–water partition coefficient (Wildman–Crippen LogP) is 0.662. The summed E-state index contributed by atoms with van der Waals surface area (Å²) in [4.78, 5) is 14.8. The number of nitrogens with two attached hydrogens (primary N) is 1. The number of nitrogens with zero attached hydrogens (tertiary/aromatic N) is 1. The van der Waals surface area contributed by atoms with Crippen molar-refractivity contribution >= 4 is 5.91 Å². The number of carbonyl (C=O) groups is 1. The Morgan fingerprint density at radius 3 is 2.78 bits per heavy atom. The van der Waals surface area contributed by atoms with Crippen LogP contribution in [-0.4, -0.2) is 68.4 Å². The molecule has 154 valence electrons. The summed E-state index contributed by atoms with van der Waals surface area (Å²) in [6, 6.07) is 0. The zero-order chi connectivity index (χ0) is 19.9. The smallest absolute Gasteiger partial charge is 0.231 e. The maximum atomic E-state index is 13.3. The van der Waals surface area contributed by atoms with Gasteiger partial charge in [-0.3, -0.25) is 4.79 Å². The maximum Gasteiger partial charge on any atom is 0.231 e. The van der Waals surface area contributed by atoms with Gasteiger partial charge >= 0.3 is 0 Å². The van der Waals surface area contributed by atoms with E-state index in [9.17, 15) is 20.1 Å². The van der Waals surface area contributed by atoms with Crippen molar-refractivity contribution in [2.24, 2.45) is 11.7 Å². The van der Waals surface area contributed by atoms with Crippen LogP contribution in [0.2, 0.25) is 0 Å². The van der Waals surface area contributed by atoms with E-state index in [2.05, 4.69) is 6.92 Å². The zero-order valence-corrected chi connectivity index (χ0v) is 16.4. The average molecular weight is 383 g/mol. The number of fused-ring (bicyclic) bond motifs is 1. The standard InChI is InChI=1S/C20H34N2O5/c1-3-4-8-15-22-16(24)14(9-12-23)18(2,26)20(22,13-27-15)17(25)19(21)10-6-5-7-11-19/h6,10,14-15,17,23,25-26H,3-5,7-9,11-13,21H2,1-2H3/t14?,15-,17+,18-,19-,20?/m0/s1. The van der Waals surface area contributed by atoms with Crippen LogP contribution >= 0.6 is 0 Å². The Balaban J connectivity index is 2.05. The van der Waals surface area contributed by atoms with Gasteiger partial charge in [-0.25, -0.2) is 0 Å². The molecule has 0 aromatic carbocycles. The van der Waals surface area contributed by atoms with Crippen LogP contribution in [0.4, 0.5) is 0 Å². The second-order valence-corrected chi connectivity index (χ2v) is 8.56. The Morgan fingerprint density at radius 2 is 2.19 bits per heavy atom. The van der Waals surface area contributed by atoms with Crippen LogP contribution < -0.4 is 5.73 Å². The highest BCUT2D eigenvalue weighted by Crippen LogP contribution is 2.53. The van der Waals surface area contributed by atoms with E-state index in [4.69, 9.17) is 10.5 Å². The molecule has 2 aliphatic heterocycles. The molecule has 27 heavy (non-hydrogen) atoms. The summed E-state index contributed by atoms with van der Waals surface area (Å²) >= 11 is 0. The molecule has 3 rings (SSSR count). The van der Waals surface area contributed by atoms with Crippen LogP contribution in [0.15, 0.2) is 12.2 Å². The number of amides is 1. The van der Waals surface area contributed by atoms with E-state index in [1.807, 2.05) is 12.2 Å². The van der Waals surface area contributed by atoms with E-state index in [-0.39, 0.29) is 25.5 Å². The van der Waals surface area contributed by atoms with E-state index in [1.54, 1.807) is 11.8 Å². The molecule has 0 bridgehead atoms. The van der Waals surface area contributed by atoms with E-state index >= 15 is 0 Å². The largest absolute Gasteiger partial charge is 0.396 e. The topological polar surface area (TPSA) is 116 Å². The van der Waals surface area contributed by atoms with Gasteiger partial charge in [-0.1, -0.05) is 25.5 Å². The first kappa shape index (κ1) is 20.7. The Bertz CT molecular complexity index is 595. The number of rotatable bonds is 7. The number of hydrogen-bond donors (Lipinski definition) is 4. The first-order valence-electron chi connectivity index (χ1n) is 10.2. The van der Waals surface area contributed by atoms with Crippen molar-refractivity contribution < 1.29 is 24.9 Å². The summed E-state index contributed by atoms with van der Waals surface area (Å²) in [5, 5.41) is 32.5. The van der Waals surface area contributed by atoms with Gasteiger partial charge in [0.15, 0.2) is 0 Å². The van der Waals surface area contributed by atoms with Crippen molar-refractivity contribution in [2.75, 3.05) is 13.2 Å². The van der Waals surface area contributed by atoms with Crippen molar-refractivity contribution in [3.05, 3.63) is 12.2 Å². The van der Waals surface area contributed by atoms with Crippen LogP contribution in [0.1, 0.15) is 58.8 Å². The molecule has 3 aliphatic rings. The second kappa shape index (κ2) is 7.44. The summed E-state index contributed by atoms with van der Waals surface area (Å²) in [5.41, 5.74) is 2.66. The highest BCUT2D eigenvalue weighted by atomic mass is 16.5. The number of ether oxygens (including phenoxy) is 1. The number of carbonyl (C=O) groups excluding carboxylic acids is 1. The molecule has 5 N–H and O–H groups in total. The molecule has 0 radical (unpaired) electrons. The quantitative estimate of drug-likeness (QED) is 0.481. The van der Waals surface area contributed by atoms with Gasteiger partial charge in [0, 0.05) is 6.61 Å². The molecule has 1 aliphatic carbocycles. The van der Waals surface area contributed by atoms with Gasteiger partial charge in [0.1, 0.15) is 23.5 Å². The van der Waals surface area contributed by atoms with Crippen LogP contribution in [-0.2, 0) is 9.53 Å². The van der Waals surface area contributed by atoms with Crippen LogP contribution in [0.25, 0.3) is 0 Å². The first-order valence-corrected chi connectivity index (χ1v) is 10.2. The van der Waals surface area contributed by atoms with Gasteiger partial charge in [0.2, 0.25) is 5.91 Å². The molecule has 0 spiro atoms. The third-order valence-electron chi connectivity index (χ3n) is 6.90. The Morgan fingerprint density at radius 1 is 1.44 bits per heavy atom. The summed E-state index contributed by atoms with van der Waals surface area (Å²) in [7, 11) is 0. The van der Waals surface area contributed by atoms with Gasteiger partial charge in [-0.05, 0) is 45.4 Å². The SMILES string of the molecule is CCCC[C@@H]1OCC2([C@H](O)[C@]3(N)C=CCCC3)N1C(=O)C(CCO)[C@]2(C)O. The van der Waals surface area contributed by atoms with E-state index in [0.29, 0.717) is 12.8 Å². The van der Waals surface area contributed by atoms with Crippen molar-refractivity contribution in [3.8, 4) is 0 Å². The lowest BCUT2D eigenvalue weighted by molar-refractivity contribution is -0.143. The molecular formula is C20H34N2O5. The fourth-order valence-corrected chi connectivity index (χ4v) is 5.26. The van der Waals surface area contributed by atoms with Crippen LogP contribution in [0.3, 0.4) is 0 Å². The van der Waals surface area contributed by atoms with Crippen molar-refractivity contribution in [2.45, 2.75) is 87.8 Å². The minimum absolute atomic E-state index is 0.0377. The molecule has 2 heterocycles. The zero-order valence-electron chi connectivity index (χ0n) is 16.4. The van der Waals surface area contributed by atoms with Crippen molar-refractivity contribution in [3.63, 3.8) is 0 Å².